The van der Waals surface area contributed by atoms with Gasteiger partial charge in [0.1, 0.15) is 6.04 Å². The molecule has 7 heteroatoms. The lowest BCUT2D eigenvalue weighted by Crippen LogP contribution is -2.68. The lowest BCUT2D eigenvalue weighted by molar-refractivity contribution is -0.174. The highest BCUT2D eigenvalue weighted by molar-refractivity contribution is 7.59. The number of carbonyl (C=O) groups excluding carboxylic acids is 2. The maximum atomic E-state index is 12.1. The van der Waals surface area contributed by atoms with E-state index in [1.807, 2.05) is 0 Å². The van der Waals surface area contributed by atoms with Gasteiger partial charge in [0.05, 0.1) is 18.1 Å². The molecule has 0 radical (unpaired) electrons. The van der Waals surface area contributed by atoms with Gasteiger partial charge in [-0.15, -0.1) is 0 Å². The van der Waals surface area contributed by atoms with Gasteiger partial charge in [0.15, 0.2) is 0 Å². The van der Waals surface area contributed by atoms with Crippen molar-refractivity contribution in [3.05, 3.63) is 0 Å². The molecule has 1 spiro atoms. The Labute approximate surface area is 120 Å². The summed E-state index contributed by atoms with van der Waals surface area (Å²) in [6.45, 7) is 0.0342. The molecule has 0 aromatic rings. The number of nitrogens with zero attached hydrogens (tertiary/aromatic N) is 1. The van der Waals surface area contributed by atoms with E-state index in [0.717, 1.165) is 0 Å². The molecule has 2 rings (SSSR count). The van der Waals surface area contributed by atoms with Crippen molar-refractivity contribution in [1.82, 2.24) is 4.90 Å². The predicted octanol–water partition coefficient (Wildman–Crippen LogP) is -0.655. The van der Waals surface area contributed by atoms with E-state index >= 15 is 0 Å². The van der Waals surface area contributed by atoms with Crippen LogP contribution in [0.1, 0.15) is 33.1 Å². The fraction of sp³-hybridized carbons (Fsp3) is 0.833. The van der Waals surface area contributed by atoms with E-state index in [-0.39, 0.29) is 32.9 Å². The molecule has 19 heavy (non-hydrogen) atoms. The zero-order valence-electron chi connectivity index (χ0n) is 10.1. The van der Waals surface area contributed by atoms with Gasteiger partial charge in [0.25, 0.3) is 0 Å². The fourth-order valence-electron chi connectivity index (χ4n) is 2.80. The average Bonchev–Trinajstić information content (AvgIpc) is 2.30. The summed E-state index contributed by atoms with van der Waals surface area (Å²) >= 11 is 0. The quantitative estimate of drug-likeness (QED) is 0.601. The zero-order chi connectivity index (χ0) is 12.6. The van der Waals surface area contributed by atoms with Crippen LogP contribution in [0.4, 0.5) is 0 Å². The van der Waals surface area contributed by atoms with Gasteiger partial charge in [-0.1, -0.05) is 7.43 Å². The summed E-state index contributed by atoms with van der Waals surface area (Å²) < 4.78 is 0. The Morgan fingerprint density at radius 3 is 2.37 bits per heavy atom. The standard InChI is InChI=1S/C11H18N2O4.CH4.H2S/c12-9(16)8(5-14)13-6-11(10(13)17)3-1-7(15)2-4-11;;/h7-8,14-15H,1-6H2,(H2,12,16);1H4;1H2/t7?,8-,11?;;/m0../s1. The van der Waals surface area contributed by atoms with Crippen molar-refractivity contribution in [1.29, 1.82) is 0 Å². The van der Waals surface area contributed by atoms with Crippen molar-refractivity contribution in [3.63, 3.8) is 0 Å². The number of aliphatic hydroxyl groups excluding tert-OH is 2. The molecule has 1 aliphatic carbocycles. The first-order valence-electron chi connectivity index (χ1n) is 5.89. The number of hydrogen-bond donors (Lipinski definition) is 3. The number of rotatable bonds is 3. The molecule has 4 N–H and O–H groups in total. The van der Waals surface area contributed by atoms with Crippen LogP contribution in [-0.4, -0.2) is 52.2 Å². The van der Waals surface area contributed by atoms with Crippen molar-refractivity contribution in [2.45, 2.75) is 45.3 Å². The van der Waals surface area contributed by atoms with Crippen LogP contribution in [0.15, 0.2) is 0 Å². The first kappa shape index (κ1) is 18.2. The van der Waals surface area contributed by atoms with Crippen LogP contribution in [0, 0.1) is 5.41 Å². The minimum atomic E-state index is -0.903. The molecule has 1 saturated carbocycles. The van der Waals surface area contributed by atoms with E-state index in [1.54, 1.807) is 0 Å². The van der Waals surface area contributed by atoms with Gasteiger partial charge >= 0.3 is 0 Å². The number of primary amides is 1. The first-order chi connectivity index (χ1) is 8.00. The van der Waals surface area contributed by atoms with Gasteiger partial charge in [-0.3, -0.25) is 9.59 Å². The largest absolute Gasteiger partial charge is 0.394 e. The van der Waals surface area contributed by atoms with E-state index in [0.29, 0.717) is 32.2 Å². The average molecular weight is 292 g/mol. The Balaban J connectivity index is 0.00000162. The van der Waals surface area contributed by atoms with Gasteiger partial charge in [-0.2, -0.15) is 13.5 Å². The lowest BCUT2D eigenvalue weighted by Gasteiger charge is -2.53. The minimum absolute atomic E-state index is 0. The highest BCUT2D eigenvalue weighted by atomic mass is 32.1. The van der Waals surface area contributed by atoms with E-state index in [9.17, 15) is 14.7 Å². The van der Waals surface area contributed by atoms with Crippen LogP contribution < -0.4 is 5.73 Å². The molecule has 1 saturated heterocycles. The monoisotopic (exact) mass is 292 g/mol. The third-order valence-corrected chi connectivity index (χ3v) is 3.98. The normalized spacial score (nSPS) is 30.9. The molecule has 1 aliphatic heterocycles. The Kier molecular flexibility index (Phi) is 6.31. The second-order valence-electron chi connectivity index (χ2n) is 5.05. The molecule has 1 heterocycles. The summed E-state index contributed by atoms with van der Waals surface area (Å²) in [5.41, 5.74) is 4.71. The van der Waals surface area contributed by atoms with E-state index in [4.69, 9.17) is 10.8 Å². The number of amides is 2. The van der Waals surface area contributed by atoms with Gasteiger partial charge in [0, 0.05) is 6.54 Å². The molecule has 112 valence electrons. The first-order valence-corrected chi connectivity index (χ1v) is 5.89. The third kappa shape index (κ3) is 3.04. The van der Waals surface area contributed by atoms with E-state index in [1.165, 1.54) is 4.90 Å². The van der Waals surface area contributed by atoms with Gasteiger partial charge in [-0.25, -0.2) is 0 Å². The van der Waals surface area contributed by atoms with Crippen LogP contribution in [0.2, 0.25) is 0 Å². The summed E-state index contributed by atoms with van der Waals surface area (Å²) in [6, 6.07) is -0.903. The molecule has 1 atom stereocenters. The topological polar surface area (TPSA) is 104 Å². The highest BCUT2D eigenvalue weighted by Gasteiger charge is 2.55. The van der Waals surface area contributed by atoms with Crippen LogP contribution >= 0.6 is 13.5 Å². The Hall–Kier alpha value is -0.790. The third-order valence-electron chi connectivity index (χ3n) is 3.98. The second kappa shape index (κ2) is 6.58. The Morgan fingerprint density at radius 1 is 1.47 bits per heavy atom. The maximum Gasteiger partial charge on any atom is 0.242 e. The van der Waals surface area contributed by atoms with Crippen molar-refractivity contribution in [3.8, 4) is 0 Å². The number of likely N-dealkylation sites (tertiary alicyclic amines) is 1. The molecule has 2 amide bonds. The van der Waals surface area contributed by atoms with Gasteiger partial charge in [0.2, 0.25) is 11.8 Å². The molecule has 0 unspecified atom stereocenters. The molecular formula is C12H24N2O4S. The van der Waals surface area contributed by atoms with Crippen molar-refractivity contribution in [2.75, 3.05) is 13.2 Å². The van der Waals surface area contributed by atoms with Crippen molar-refractivity contribution >= 4 is 25.3 Å². The maximum absolute atomic E-state index is 12.1. The number of hydrogen-bond acceptors (Lipinski definition) is 4. The summed E-state index contributed by atoms with van der Waals surface area (Å²) in [4.78, 5) is 24.5. The van der Waals surface area contributed by atoms with Gasteiger partial charge < -0.3 is 20.8 Å². The van der Waals surface area contributed by atoms with Crippen molar-refractivity contribution in [2.24, 2.45) is 11.1 Å². The summed E-state index contributed by atoms with van der Waals surface area (Å²) in [6.07, 6.45) is 2.24. The predicted molar refractivity (Wildman–Crippen MR) is 75.8 cm³/mol. The molecule has 2 aliphatic rings. The van der Waals surface area contributed by atoms with Crippen molar-refractivity contribution < 1.29 is 19.8 Å². The van der Waals surface area contributed by atoms with Crippen LogP contribution in [0.5, 0.6) is 0 Å². The number of nitrogens with two attached hydrogens (primary N) is 1. The molecule has 0 bridgehead atoms. The lowest BCUT2D eigenvalue weighted by atomic mass is 9.66. The molecular weight excluding hydrogens is 268 g/mol. The molecule has 2 fully saturated rings. The summed E-state index contributed by atoms with van der Waals surface area (Å²) in [5, 5.41) is 18.5. The van der Waals surface area contributed by atoms with Crippen LogP contribution in [0.3, 0.4) is 0 Å². The SMILES string of the molecule is C.NC(=O)[C@H](CO)N1CC2(CCC(O)CC2)C1=O.S. The molecule has 6 nitrogen and oxygen atoms in total. The molecule has 0 aromatic heterocycles. The summed E-state index contributed by atoms with van der Waals surface area (Å²) in [7, 11) is 0. The smallest absolute Gasteiger partial charge is 0.242 e. The van der Waals surface area contributed by atoms with Crippen LogP contribution in [-0.2, 0) is 9.59 Å². The highest BCUT2D eigenvalue weighted by Crippen LogP contribution is 2.45. The zero-order valence-corrected chi connectivity index (χ0v) is 11.1. The number of β-lactam (4-membered cyclic amide) rings is 1. The second-order valence-corrected chi connectivity index (χ2v) is 5.05. The van der Waals surface area contributed by atoms with Gasteiger partial charge in [-0.05, 0) is 25.7 Å². The number of aliphatic hydroxyl groups is 2. The Bertz CT molecular complexity index is 343. The van der Waals surface area contributed by atoms with E-state index in [2.05, 4.69) is 0 Å². The van der Waals surface area contributed by atoms with E-state index < -0.39 is 24.0 Å². The Morgan fingerprint density at radius 2 is 2.00 bits per heavy atom. The minimum Gasteiger partial charge on any atom is -0.394 e. The molecule has 0 aromatic carbocycles. The fourth-order valence-corrected chi connectivity index (χ4v) is 2.80. The summed E-state index contributed by atoms with van der Waals surface area (Å²) in [5.74, 6) is -0.784. The number of carbonyl (C=O) groups is 2. The van der Waals surface area contributed by atoms with Crippen LogP contribution in [0.25, 0.3) is 0 Å².